The Morgan fingerprint density at radius 1 is 1.18 bits per heavy atom. The number of aliphatic carboxylic acids is 1. The maximum Gasteiger partial charge on any atom is 0.326 e. The third kappa shape index (κ3) is 5.33. The highest BCUT2D eigenvalue weighted by atomic mass is 16.4. The summed E-state index contributed by atoms with van der Waals surface area (Å²) in [6, 6.07) is -1.63. The van der Waals surface area contributed by atoms with Gasteiger partial charge in [0.25, 0.3) is 0 Å². The Kier molecular flexibility index (Phi) is 6.23. The minimum absolute atomic E-state index is 0.106. The summed E-state index contributed by atoms with van der Waals surface area (Å²) in [5.41, 5.74) is 0. The van der Waals surface area contributed by atoms with Crippen LogP contribution < -0.4 is 10.6 Å². The molecule has 0 unspecified atom stereocenters. The van der Waals surface area contributed by atoms with Gasteiger partial charge in [0.2, 0.25) is 11.8 Å². The molecule has 0 fully saturated rings. The normalized spacial score (nSPS) is 13.9. The second-order valence-electron chi connectivity index (χ2n) is 4.23. The Labute approximate surface area is 101 Å². The molecule has 17 heavy (non-hydrogen) atoms. The molecule has 0 aromatic heterocycles. The lowest BCUT2D eigenvalue weighted by atomic mass is 10.0. The number of hydrogen-bond donors (Lipinski definition) is 3. The summed E-state index contributed by atoms with van der Waals surface area (Å²) in [5, 5.41) is 13.7. The first-order valence-electron chi connectivity index (χ1n) is 5.59. The third-order valence-electron chi connectivity index (χ3n) is 2.33. The quantitative estimate of drug-likeness (QED) is 0.618. The number of carbonyl (C=O) groups excluding carboxylic acids is 2. The highest BCUT2D eigenvalue weighted by Crippen LogP contribution is 2.03. The van der Waals surface area contributed by atoms with E-state index in [4.69, 9.17) is 5.11 Å². The Morgan fingerprint density at radius 2 is 1.71 bits per heavy atom. The summed E-state index contributed by atoms with van der Waals surface area (Å²) in [7, 11) is 0. The summed E-state index contributed by atoms with van der Waals surface area (Å²) in [6.45, 7) is 6.54. The molecule has 98 valence electrons. The maximum absolute atomic E-state index is 11.8. The van der Waals surface area contributed by atoms with Gasteiger partial charge >= 0.3 is 5.97 Å². The van der Waals surface area contributed by atoms with Crippen LogP contribution in [0.25, 0.3) is 0 Å². The number of nitrogens with one attached hydrogen (secondary N) is 2. The van der Waals surface area contributed by atoms with E-state index in [0.717, 1.165) is 0 Å². The molecule has 3 N–H and O–H groups in total. The first-order chi connectivity index (χ1) is 7.79. The first kappa shape index (κ1) is 15.4. The fraction of sp³-hybridized carbons (Fsp3) is 0.727. The standard InChI is InChI=1S/C11H20N2O4/c1-5-8(11(16)17)13-10(15)9(6(2)3)12-7(4)14/h6,8-9H,5H2,1-4H3,(H,12,14)(H,13,15)(H,16,17)/t8-,9+/m0/s1. The van der Waals surface area contributed by atoms with Crippen LogP contribution >= 0.6 is 0 Å². The lowest BCUT2D eigenvalue weighted by molar-refractivity contribution is -0.142. The second-order valence-corrected chi connectivity index (χ2v) is 4.23. The van der Waals surface area contributed by atoms with Gasteiger partial charge in [-0.1, -0.05) is 20.8 Å². The van der Waals surface area contributed by atoms with Crippen molar-refractivity contribution in [2.45, 2.75) is 46.2 Å². The van der Waals surface area contributed by atoms with Gasteiger partial charge in [-0.15, -0.1) is 0 Å². The van der Waals surface area contributed by atoms with Crippen LogP contribution in [0.2, 0.25) is 0 Å². The molecule has 0 aromatic rings. The maximum atomic E-state index is 11.8. The SMILES string of the molecule is CC[C@H](NC(=O)[C@H](NC(C)=O)C(C)C)C(=O)O. The zero-order valence-corrected chi connectivity index (χ0v) is 10.6. The Morgan fingerprint density at radius 3 is 2.00 bits per heavy atom. The van der Waals surface area contributed by atoms with E-state index in [1.54, 1.807) is 20.8 Å². The molecule has 2 atom stereocenters. The van der Waals surface area contributed by atoms with Crippen molar-refractivity contribution in [2.75, 3.05) is 0 Å². The van der Waals surface area contributed by atoms with Crippen LogP contribution in [0, 0.1) is 5.92 Å². The summed E-state index contributed by atoms with van der Waals surface area (Å²) < 4.78 is 0. The molecule has 0 heterocycles. The topological polar surface area (TPSA) is 95.5 Å². The van der Waals surface area contributed by atoms with Gasteiger partial charge < -0.3 is 15.7 Å². The van der Waals surface area contributed by atoms with Crippen LogP contribution in [0.15, 0.2) is 0 Å². The van der Waals surface area contributed by atoms with Gasteiger partial charge in [-0.3, -0.25) is 9.59 Å². The lowest BCUT2D eigenvalue weighted by Crippen LogP contribution is -2.53. The molecular weight excluding hydrogens is 224 g/mol. The van der Waals surface area contributed by atoms with Crippen LogP contribution in [-0.2, 0) is 14.4 Å². The van der Waals surface area contributed by atoms with Crippen molar-refractivity contribution in [3.8, 4) is 0 Å². The van der Waals surface area contributed by atoms with Crippen molar-refractivity contribution >= 4 is 17.8 Å². The molecule has 0 aliphatic heterocycles. The van der Waals surface area contributed by atoms with Crippen LogP contribution in [-0.4, -0.2) is 35.0 Å². The summed E-state index contributed by atoms with van der Waals surface area (Å²) >= 11 is 0. The Balaban J connectivity index is 4.62. The van der Waals surface area contributed by atoms with Crippen molar-refractivity contribution in [3.05, 3.63) is 0 Å². The molecule has 0 rings (SSSR count). The zero-order valence-electron chi connectivity index (χ0n) is 10.6. The van der Waals surface area contributed by atoms with Crippen molar-refractivity contribution in [1.82, 2.24) is 10.6 Å². The first-order valence-corrected chi connectivity index (χ1v) is 5.59. The van der Waals surface area contributed by atoms with Crippen molar-refractivity contribution in [1.29, 1.82) is 0 Å². The fourth-order valence-electron chi connectivity index (χ4n) is 1.35. The predicted octanol–water partition coefficient (Wildman–Crippen LogP) is 0.127. The second kappa shape index (κ2) is 6.88. The molecule has 0 spiro atoms. The van der Waals surface area contributed by atoms with Crippen molar-refractivity contribution in [3.63, 3.8) is 0 Å². The predicted molar refractivity (Wildman–Crippen MR) is 62.3 cm³/mol. The Bertz CT molecular complexity index is 302. The summed E-state index contributed by atoms with van der Waals surface area (Å²) in [5.74, 6) is -1.97. The average Bonchev–Trinajstić information content (AvgIpc) is 2.20. The third-order valence-corrected chi connectivity index (χ3v) is 2.33. The molecule has 0 aliphatic rings. The van der Waals surface area contributed by atoms with Crippen molar-refractivity contribution < 1.29 is 19.5 Å². The highest BCUT2D eigenvalue weighted by Gasteiger charge is 2.26. The van der Waals surface area contributed by atoms with E-state index in [2.05, 4.69) is 10.6 Å². The van der Waals surface area contributed by atoms with Gasteiger partial charge in [-0.2, -0.15) is 0 Å². The number of carboxylic acids is 1. The number of hydrogen-bond acceptors (Lipinski definition) is 3. The van der Waals surface area contributed by atoms with Crippen LogP contribution in [0.4, 0.5) is 0 Å². The molecule has 0 aromatic carbocycles. The zero-order chi connectivity index (χ0) is 13.6. The lowest BCUT2D eigenvalue weighted by Gasteiger charge is -2.22. The fourth-order valence-corrected chi connectivity index (χ4v) is 1.35. The van der Waals surface area contributed by atoms with E-state index in [0.29, 0.717) is 6.42 Å². The van der Waals surface area contributed by atoms with Gasteiger partial charge in [0.15, 0.2) is 0 Å². The Hall–Kier alpha value is -1.59. The van der Waals surface area contributed by atoms with Gasteiger partial charge in [-0.25, -0.2) is 4.79 Å². The number of carboxylic acid groups (broad SMARTS) is 1. The summed E-state index contributed by atoms with van der Waals surface area (Å²) in [4.78, 5) is 33.5. The van der Waals surface area contributed by atoms with Gasteiger partial charge in [0.05, 0.1) is 0 Å². The van der Waals surface area contributed by atoms with Gasteiger partial charge in [0, 0.05) is 6.92 Å². The van der Waals surface area contributed by atoms with E-state index in [1.165, 1.54) is 6.92 Å². The highest BCUT2D eigenvalue weighted by molar-refractivity contribution is 5.90. The monoisotopic (exact) mass is 244 g/mol. The van der Waals surface area contributed by atoms with Crippen molar-refractivity contribution in [2.24, 2.45) is 5.92 Å². The molecule has 0 radical (unpaired) electrons. The number of carbonyl (C=O) groups is 3. The molecule has 0 saturated carbocycles. The summed E-state index contributed by atoms with van der Waals surface area (Å²) in [6.07, 6.45) is 0.298. The van der Waals surface area contributed by atoms with Crippen LogP contribution in [0.3, 0.4) is 0 Å². The molecule has 6 nitrogen and oxygen atoms in total. The van der Waals surface area contributed by atoms with E-state index in [1.807, 2.05) is 0 Å². The minimum atomic E-state index is -1.08. The van der Waals surface area contributed by atoms with Crippen LogP contribution in [0.1, 0.15) is 34.1 Å². The van der Waals surface area contributed by atoms with Gasteiger partial charge in [-0.05, 0) is 12.3 Å². The van der Waals surface area contributed by atoms with E-state index in [-0.39, 0.29) is 11.8 Å². The molecule has 0 aliphatic carbocycles. The van der Waals surface area contributed by atoms with E-state index < -0.39 is 24.0 Å². The molecule has 0 saturated heterocycles. The molecular formula is C11H20N2O4. The van der Waals surface area contributed by atoms with E-state index >= 15 is 0 Å². The smallest absolute Gasteiger partial charge is 0.326 e. The molecule has 0 bridgehead atoms. The molecule has 6 heteroatoms. The molecule has 2 amide bonds. The average molecular weight is 244 g/mol. The minimum Gasteiger partial charge on any atom is -0.480 e. The number of amides is 2. The van der Waals surface area contributed by atoms with Gasteiger partial charge in [0.1, 0.15) is 12.1 Å². The van der Waals surface area contributed by atoms with E-state index in [9.17, 15) is 14.4 Å². The largest absolute Gasteiger partial charge is 0.480 e. The van der Waals surface area contributed by atoms with Crippen LogP contribution in [0.5, 0.6) is 0 Å². The number of rotatable bonds is 6.